The molecule has 1 rings (SSSR count). The first-order valence-electron chi connectivity index (χ1n) is 6.48. The van der Waals surface area contributed by atoms with E-state index in [2.05, 4.69) is 26.0 Å². The Morgan fingerprint density at radius 3 is 2.29 bits per heavy atom. The first-order valence-corrected chi connectivity index (χ1v) is 6.48. The number of nitrogens with two attached hydrogens (primary N) is 1. The molecule has 0 saturated heterocycles. The second kappa shape index (κ2) is 7.46. The Kier molecular flexibility index (Phi) is 6.23. The summed E-state index contributed by atoms with van der Waals surface area (Å²) in [5.41, 5.74) is 7.39. The third-order valence-electron chi connectivity index (χ3n) is 3.09. The van der Waals surface area contributed by atoms with Crippen molar-refractivity contribution in [1.82, 2.24) is 0 Å². The molecule has 0 heterocycles. The van der Waals surface area contributed by atoms with Crippen LogP contribution in [0.5, 0.6) is 0 Å². The Morgan fingerprint density at radius 2 is 1.76 bits per heavy atom. The second-order valence-electron chi connectivity index (χ2n) is 5.06. The van der Waals surface area contributed by atoms with Gasteiger partial charge in [0.1, 0.15) is 0 Å². The summed E-state index contributed by atoms with van der Waals surface area (Å²) < 4.78 is 5.53. The van der Waals surface area contributed by atoms with Crippen LogP contribution >= 0.6 is 0 Å². The summed E-state index contributed by atoms with van der Waals surface area (Å²) in [7, 11) is 1.74. The number of benzene rings is 1. The number of hydrogen-bond acceptors (Lipinski definition) is 2. The summed E-state index contributed by atoms with van der Waals surface area (Å²) in [6.07, 6.45) is 3.44. The van der Waals surface area contributed by atoms with E-state index in [1.54, 1.807) is 7.11 Å². The van der Waals surface area contributed by atoms with Crippen LogP contribution in [0, 0.1) is 5.92 Å². The molecule has 2 unspecified atom stereocenters. The smallest absolute Gasteiger partial charge is 0.0971 e. The van der Waals surface area contributed by atoms with Gasteiger partial charge in [0.05, 0.1) is 6.10 Å². The lowest BCUT2D eigenvalue weighted by Crippen LogP contribution is -2.29. The van der Waals surface area contributed by atoms with Crippen LogP contribution in [0.25, 0.3) is 0 Å². The fourth-order valence-corrected chi connectivity index (χ4v) is 2.11. The Bertz CT molecular complexity index is 297. The molecule has 0 bridgehead atoms. The summed E-state index contributed by atoms with van der Waals surface area (Å²) >= 11 is 0. The molecule has 0 aliphatic rings. The molecule has 0 radical (unpaired) electrons. The van der Waals surface area contributed by atoms with Gasteiger partial charge >= 0.3 is 0 Å². The van der Waals surface area contributed by atoms with Gasteiger partial charge in [0.15, 0.2) is 0 Å². The van der Waals surface area contributed by atoms with E-state index in [1.807, 2.05) is 18.2 Å². The first-order chi connectivity index (χ1) is 8.15. The van der Waals surface area contributed by atoms with Gasteiger partial charge in [-0.2, -0.15) is 0 Å². The minimum atomic E-state index is 0.0170. The maximum absolute atomic E-state index is 6.22. The van der Waals surface area contributed by atoms with Crippen molar-refractivity contribution < 1.29 is 4.74 Å². The van der Waals surface area contributed by atoms with Crippen molar-refractivity contribution in [3.8, 4) is 0 Å². The molecule has 2 nitrogen and oxygen atoms in total. The zero-order chi connectivity index (χ0) is 12.7. The molecular weight excluding hydrogens is 210 g/mol. The molecule has 0 saturated carbocycles. The Hall–Kier alpha value is -0.860. The Balaban J connectivity index is 2.50. The van der Waals surface area contributed by atoms with E-state index in [1.165, 1.54) is 18.4 Å². The normalized spacial score (nSPS) is 14.9. The van der Waals surface area contributed by atoms with Crippen molar-refractivity contribution in [2.24, 2.45) is 11.7 Å². The highest BCUT2D eigenvalue weighted by Gasteiger charge is 2.18. The highest BCUT2D eigenvalue weighted by molar-refractivity contribution is 5.19. The van der Waals surface area contributed by atoms with Crippen LogP contribution in [-0.2, 0) is 4.74 Å². The van der Waals surface area contributed by atoms with Crippen molar-refractivity contribution >= 4 is 0 Å². The fourth-order valence-electron chi connectivity index (χ4n) is 2.11. The van der Waals surface area contributed by atoms with E-state index >= 15 is 0 Å². The highest BCUT2D eigenvalue weighted by atomic mass is 16.5. The molecule has 0 fully saturated rings. The maximum atomic E-state index is 6.22. The summed E-state index contributed by atoms with van der Waals surface area (Å²) in [6, 6.07) is 10.3. The van der Waals surface area contributed by atoms with Gasteiger partial charge in [0.2, 0.25) is 0 Å². The number of ether oxygens (including phenoxy) is 1. The van der Waals surface area contributed by atoms with Crippen LogP contribution in [-0.4, -0.2) is 13.2 Å². The molecule has 0 spiro atoms. The molecule has 96 valence electrons. The Morgan fingerprint density at radius 1 is 1.12 bits per heavy atom. The third kappa shape index (κ3) is 4.88. The SMILES string of the molecule is COC(c1ccccc1)C(N)CCCC(C)C. The van der Waals surface area contributed by atoms with Crippen molar-refractivity contribution in [3.05, 3.63) is 35.9 Å². The van der Waals surface area contributed by atoms with Gasteiger partial charge in [0, 0.05) is 13.2 Å². The van der Waals surface area contributed by atoms with Gasteiger partial charge in [-0.15, -0.1) is 0 Å². The van der Waals surface area contributed by atoms with E-state index in [4.69, 9.17) is 10.5 Å². The van der Waals surface area contributed by atoms with Crippen LogP contribution in [0.3, 0.4) is 0 Å². The molecule has 2 heteroatoms. The molecule has 0 aliphatic heterocycles. The van der Waals surface area contributed by atoms with Crippen molar-refractivity contribution in [3.63, 3.8) is 0 Å². The molecule has 0 aliphatic carbocycles. The topological polar surface area (TPSA) is 35.2 Å². The van der Waals surface area contributed by atoms with Gasteiger partial charge in [0.25, 0.3) is 0 Å². The molecule has 2 N–H and O–H groups in total. The predicted octanol–water partition coefficient (Wildman–Crippen LogP) is 3.53. The van der Waals surface area contributed by atoms with Crippen LogP contribution in [0.15, 0.2) is 30.3 Å². The lowest BCUT2D eigenvalue weighted by atomic mass is 9.96. The van der Waals surface area contributed by atoms with Crippen LogP contribution in [0.1, 0.15) is 44.8 Å². The highest BCUT2D eigenvalue weighted by Crippen LogP contribution is 2.22. The van der Waals surface area contributed by atoms with E-state index < -0.39 is 0 Å². The van der Waals surface area contributed by atoms with Gasteiger partial charge in [-0.3, -0.25) is 0 Å². The average molecular weight is 235 g/mol. The van der Waals surface area contributed by atoms with E-state index in [9.17, 15) is 0 Å². The lowest BCUT2D eigenvalue weighted by molar-refractivity contribution is 0.0765. The van der Waals surface area contributed by atoms with Gasteiger partial charge in [-0.1, -0.05) is 57.0 Å². The summed E-state index contributed by atoms with van der Waals surface area (Å²) in [5.74, 6) is 0.750. The van der Waals surface area contributed by atoms with Gasteiger partial charge < -0.3 is 10.5 Å². The lowest BCUT2D eigenvalue weighted by Gasteiger charge is -2.23. The van der Waals surface area contributed by atoms with E-state index in [0.717, 1.165) is 12.3 Å². The minimum Gasteiger partial charge on any atom is -0.375 e. The van der Waals surface area contributed by atoms with E-state index in [-0.39, 0.29) is 12.1 Å². The largest absolute Gasteiger partial charge is 0.375 e. The number of hydrogen-bond donors (Lipinski definition) is 1. The summed E-state index contributed by atoms with van der Waals surface area (Å²) in [5, 5.41) is 0. The molecule has 1 aromatic rings. The quantitative estimate of drug-likeness (QED) is 0.784. The second-order valence-corrected chi connectivity index (χ2v) is 5.06. The van der Waals surface area contributed by atoms with E-state index in [0.29, 0.717) is 0 Å². The molecule has 1 aromatic carbocycles. The zero-order valence-corrected chi connectivity index (χ0v) is 11.2. The Labute approximate surface area is 105 Å². The van der Waals surface area contributed by atoms with Crippen molar-refractivity contribution in [2.75, 3.05) is 7.11 Å². The number of methoxy groups -OCH3 is 1. The standard InChI is InChI=1S/C15H25NO/c1-12(2)8-7-11-14(16)15(17-3)13-9-5-4-6-10-13/h4-6,9-10,12,14-15H,7-8,11,16H2,1-3H3. The van der Waals surface area contributed by atoms with Crippen LogP contribution in [0.4, 0.5) is 0 Å². The van der Waals surface area contributed by atoms with Crippen LogP contribution in [0.2, 0.25) is 0 Å². The summed E-state index contributed by atoms with van der Waals surface area (Å²) in [4.78, 5) is 0. The third-order valence-corrected chi connectivity index (χ3v) is 3.09. The molecular formula is C15H25NO. The molecule has 2 atom stereocenters. The van der Waals surface area contributed by atoms with Gasteiger partial charge in [-0.25, -0.2) is 0 Å². The average Bonchev–Trinajstić information content (AvgIpc) is 2.31. The van der Waals surface area contributed by atoms with Crippen molar-refractivity contribution in [1.29, 1.82) is 0 Å². The predicted molar refractivity (Wildman–Crippen MR) is 72.9 cm³/mol. The molecule has 0 amide bonds. The molecule has 0 aromatic heterocycles. The monoisotopic (exact) mass is 235 g/mol. The van der Waals surface area contributed by atoms with Gasteiger partial charge in [-0.05, 0) is 17.9 Å². The zero-order valence-electron chi connectivity index (χ0n) is 11.2. The maximum Gasteiger partial charge on any atom is 0.0971 e. The number of rotatable bonds is 7. The van der Waals surface area contributed by atoms with Crippen LogP contribution < -0.4 is 5.73 Å². The molecule has 17 heavy (non-hydrogen) atoms. The first kappa shape index (κ1) is 14.2. The van der Waals surface area contributed by atoms with Crippen molar-refractivity contribution in [2.45, 2.75) is 45.3 Å². The fraction of sp³-hybridized carbons (Fsp3) is 0.600. The summed E-state index contributed by atoms with van der Waals surface area (Å²) in [6.45, 7) is 4.49. The minimum absolute atomic E-state index is 0.0170.